The van der Waals surface area contributed by atoms with Crippen molar-refractivity contribution in [1.82, 2.24) is 5.32 Å². The summed E-state index contributed by atoms with van der Waals surface area (Å²) >= 11 is 0. The molecule has 146 valence electrons. The number of nitrogens with zero attached hydrogens (tertiary/aromatic N) is 2. The predicted molar refractivity (Wildman–Crippen MR) is 107 cm³/mol. The van der Waals surface area contributed by atoms with Crippen LogP contribution < -0.4 is 15.5 Å². The highest BCUT2D eigenvalue weighted by molar-refractivity contribution is 5.99. The highest BCUT2D eigenvalue weighted by Crippen LogP contribution is 2.23. The van der Waals surface area contributed by atoms with Crippen LogP contribution in [0.25, 0.3) is 0 Å². The second kappa shape index (κ2) is 8.98. The number of rotatable bonds is 6. The van der Waals surface area contributed by atoms with E-state index in [1.165, 1.54) is 43.5 Å². The third-order valence-corrected chi connectivity index (χ3v) is 4.58. The van der Waals surface area contributed by atoms with E-state index < -0.39 is 10.8 Å². The molecule has 1 heterocycles. The van der Waals surface area contributed by atoms with Gasteiger partial charge in [-0.25, -0.2) is 0 Å². The molecular formula is C20H22N4O4. The number of anilines is 2. The van der Waals surface area contributed by atoms with Gasteiger partial charge in [-0.2, -0.15) is 0 Å². The molecule has 8 nitrogen and oxygen atoms in total. The predicted octanol–water partition coefficient (Wildman–Crippen LogP) is 2.95. The van der Waals surface area contributed by atoms with Crippen LogP contribution >= 0.6 is 0 Å². The number of amides is 2. The molecule has 0 radical (unpaired) electrons. The first-order chi connectivity index (χ1) is 13.5. The molecule has 0 bridgehead atoms. The number of nitro groups is 1. The lowest BCUT2D eigenvalue weighted by atomic mass is 10.1. The van der Waals surface area contributed by atoms with Crippen LogP contribution in [-0.2, 0) is 4.79 Å². The van der Waals surface area contributed by atoms with Gasteiger partial charge in [-0.1, -0.05) is 12.1 Å². The molecule has 2 amide bonds. The Bertz CT molecular complexity index is 878. The van der Waals surface area contributed by atoms with Crippen molar-refractivity contribution in [3.8, 4) is 0 Å². The molecule has 0 saturated carbocycles. The fraction of sp³-hybridized carbons (Fsp3) is 0.300. The zero-order chi connectivity index (χ0) is 19.9. The van der Waals surface area contributed by atoms with Gasteiger partial charge in [0.2, 0.25) is 5.91 Å². The van der Waals surface area contributed by atoms with Crippen molar-refractivity contribution >= 4 is 28.9 Å². The van der Waals surface area contributed by atoms with Crippen molar-refractivity contribution in [1.29, 1.82) is 0 Å². The molecular weight excluding hydrogens is 360 g/mol. The Morgan fingerprint density at radius 2 is 1.79 bits per heavy atom. The van der Waals surface area contributed by atoms with Crippen molar-refractivity contribution in [3.05, 3.63) is 64.2 Å². The van der Waals surface area contributed by atoms with Gasteiger partial charge >= 0.3 is 0 Å². The van der Waals surface area contributed by atoms with Gasteiger partial charge in [-0.05, 0) is 43.5 Å². The maximum absolute atomic E-state index is 12.2. The summed E-state index contributed by atoms with van der Waals surface area (Å²) < 4.78 is 0. The molecule has 0 atom stereocenters. The lowest BCUT2D eigenvalue weighted by Gasteiger charge is -2.29. The van der Waals surface area contributed by atoms with Crippen LogP contribution in [0.2, 0.25) is 0 Å². The van der Waals surface area contributed by atoms with Gasteiger partial charge < -0.3 is 15.5 Å². The number of benzene rings is 2. The van der Waals surface area contributed by atoms with Crippen LogP contribution in [0.1, 0.15) is 29.6 Å². The van der Waals surface area contributed by atoms with Crippen molar-refractivity contribution in [2.75, 3.05) is 29.9 Å². The van der Waals surface area contributed by atoms with Crippen molar-refractivity contribution in [2.45, 2.75) is 19.3 Å². The Morgan fingerprint density at radius 1 is 1.04 bits per heavy atom. The summed E-state index contributed by atoms with van der Waals surface area (Å²) in [6, 6.07) is 13.0. The smallest absolute Gasteiger partial charge is 0.270 e. The van der Waals surface area contributed by atoms with E-state index in [9.17, 15) is 19.7 Å². The van der Waals surface area contributed by atoms with Crippen molar-refractivity contribution in [2.24, 2.45) is 0 Å². The van der Waals surface area contributed by atoms with E-state index in [1.807, 2.05) is 18.2 Å². The van der Waals surface area contributed by atoms with Gasteiger partial charge in [0.15, 0.2) is 0 Å². The molecule has 2 aromatic carbocycles. The van der Waals surface area contributed by atoms with E-state index >= 15 is 0 Å². The van der Waals surface area contributed by atoms with Crippen LogP contribution in [0.15, 0.2) is 48.5 Å². The highest BCUT2D eigenvalue weighted by Gasteiger charge is 2.14. The number of hydrogen-bond donors (Lipinski definition) is 2. The number of nitro benzene ring substituents is 1. The molecule has 0 aromatic heterocycles. The molecule has 3 rings (SSSR count). The van der Waals surface area contributed by atoms with Crippen LogP contribution in [0, 0.1) is 10.1 Å². The minimum absolute atomic E-state index is 0.133. The van der Waals surface area contributed by atoms with Crippen LogP contribution in [0.5, 0.6) is 0 Å². The number of hydrogen-bond acceptors (Lipinski definition) is 5. The quantitative estimate of drug-likeness (QED) is 0.590. The van der Waals surface area contributed by atoms with Gasteiger partial charge in [0.1, 0.15) is 0 Å². The first-order valence-electron chi connectivity index (χ1n) is 9.20. The summed E-state index contributed by atoms with van der Waals surface area (Å²) in [6.07, 6.45) is 3.58. The van der Waals surface area contributed by atoms with Crippen LogP contribution in [0.3, 0.4) is 0 Å². The first kappa shape index (κ1) is 19.3. The summed E-state index contributed by atoms with van der Waals surface area (Å²) in [5, 5.41) is 16.0. The minimum Gasteiger partial charge on any atom is -0.371 e. The molecule has 2 aromatic rings. The molecule has 0 aliphatic carbocycles. The number of non-ortho nitro benzene ring substituents is 1. The molecule has 0 spiro atoms. The van der Waals surface area contributed by atoms with Gasteiger partial charge in [0, 0.05) is 42.2 Å². The summed E-state index contributed by atoms with van der Waals surface area (Å²) in [5.41, 5.74) is 1.69. The highest BCUT2D eigenvalue weighted by atomic mass is 16.6. The molecule has 1 aliphatic heterocycles. The Kier molecular flexibility index (Phi) is 6.21. The third kappa shape index (κ3) is 5.06. The summed E-state index contributed by atoms with van der Waals surface area (Å²) in [7, 11) is 0. The molecule has 1 saturated heterocycles. The van der Waals surface area contributed by atoms with E-state index in [-0.39, 0.29) is 23.7 Å². The Morgan fingerprint density at radius 3 is 2.54 bits per heavy atom. The largest absolute Gasteiger partial charge is 0.371 e. The van der Waals surface area contributed by atoms with E-state index in [1.54, 1.807) is 6.07 Å². The zero-order valence-corrected chi connectivity index (χ0v) is 15.4. The number of carbonyl (C=O) groups is 2. The van der Waals surface area contributed by atoms with E-state index in [4.69, 9.17) is 0 Å². The molecule has 0 unspecified atom stereocenters. The maximum Gasteiger partial charge on any atom is 0.270 e. The second-order valence-corrected chi connectivity index (χ2v) is 6.64. The minimum atomic E-state index is -0.571. The average molecular weight is 382 g/mol. The van der Waals surface area contributed by atoms with Crippen LogP contribution in [-0.4, -0.2) is 36.4 Å². The SMILES string of the molecule is O=C(CNC(=O)c1cccc([N+](=O)[O-])c1)Nc1cccc(N2CCCCC2)c1. The van der Waals surface area contributed by atoms with Gasteiger partial charge in [0.25, 0.3) is 11.6 Å². The van der Waals surface area contributed by atoms with E-state index in [0.717, 1.165) is 18.8 Å². The molecule has 1 fully saturated rings. The van der Waals surface area contributed by atoms with Gasteiger partial charge in [-0.15, -0.1) is 0 Å². The second-order valence-electron chi connectivity index (χ2n) is 6.64. The standard InChI is InChI=1S/C20H22N4O4/c25-19(14-21-20(26)15-6-4-9-18(12-15)24(27)28)22-16-7-5-8-17(13-16)23-10-2-1-3-11-23/h4-9,12-13H,1-3,10-11,14H2,(H,21,26)(H,22,25). The van der Waals surface area contributed by atoms with Crippen molar-refractivity contribution in [3.63, 3.8) is 0 Å². The van der Waals surface area contributed by atoms with Crippen molar-refractivity contribution < 1.29 is 14.5 Å². The molecule has 1 aliphatic rings. The summed E-state index contributed by atoms with van der Waals surface area (Å²) in [6.45, 7) is 1.79. The fourth-order valence-electron chi connectivity index (χ4n) is 3.16. The normalized spacial score (nSPS) is 13.6. The summed E-state index contributed by atoms with van der Waals surface area (Å²) in [5.74, 6) is -0.907. The zero-order valence-electron chi connectivity index (χ0n) is 15.4. The summed E-state index contributed by atoms with van der Waals surface area (Å²) in [4.78, 5) is 36.8. The lowest BCUT2D eigenvalue weighted by molar-refractivity contribution is -0.384. The third-order valence-electron chi connectivity index (χ3n) is 4.58. The first-order valence-corrected chi connectivity index (χ1v) is 9.20. The number of piperidine rings is 1. The molecule has 8 heteroatoms. The topological polar surface area (TPSA) is 105 Å². The molecule has 2 N–H and O–H groups in total. The Labute approximate surface area is 162 Å². The average Bonchev–Trinajstić information content (AvgIpc) is 2.73. The Hall–Kier alpha value is -3.42. The number of nitrogens with one attached hydrogen (secondary N) is 2. The Balaban J connectivity index is 1.55. The molecule has 28 heavy (non-hydrogen) atoms. The van der Waals surface area contributed by atoms with Crippen LogP contribution in [0.4, 0.5) is 17.1 Å². The van der Waals surface area contributed by atoms with E-state index in [2.05, 4.69) is 15.5 Å². The fourth-order valence-corrected chi connectivity index (χ4v) is 3.16. The lowest BCUT2D eigenvalue weighted by Crippen LogP contribution is -2.33. The van der Waals surface area contributed by atoms with Gasteiger partial charge in [-0.3, -0.25) is 19.7 Å². The van der Waals surface area contributed by atoms with E-state index in [0.29, 0.717) is 5.69 Å². The maximum atomic E-state index is 12.2. The number of carbonyl (C=O) groups excluding carboxylic acids is 2. The van der Waals surface area contributed by atoms with Gasteiger partial charge in [0.05, 0.1) is 11.5 Å². The monoisotopic (exact) mass is 382 g/mol.